The van der Waals surface area contributed by atoms with Crippen LogP contribution >= 0.6 is 12.2 Å². The van der Waals surface area contributed by atoms with Crippen molar-refractivity contribution in [3.05, 3.63) is 17.5 Å². The molecule has 8 heteroatoms. The molecule has 166 valence electrons. The van der Waals surface area contributed by atoms with Crippen molar-refractivity contribution in [2.24, 2.45) is 4.99 Å². The van der Waals surface area contributed by atoms with E-state index in [-0.39, 0.29) is 17.1 Å². The normalized spacial score (nSPS) is 22.0. The van der Waals surface area contributed by atoms with E-state index in [0.29, 0.717) is 23.1 Å². The Kier molecular flexibility index (Phi) is 6.97. The van der Waals surface area contributed by atoms with Crippen LogP contribution in [0.3, 0.4) is 0 Å². The molecule has 30 heavy (non-hydrogen) atoms. The summed E-state index contributed by atoms with van der Waals surface area (Å²) in [4.78, 5) is 14.1. The Morgan fingerprint density at radius 3 is 2.20 bits per heavy atom. The summed E-state index contributed by atoms with van der Waals surface area (Å²) >= 11 is 5.60. The third-order valence-electron chi connectivity index (χ3n) is 5.62. The summed E-state index contributed by atoms with van der Waals surface area (Å²) in [5.74, 6) is 1.14. The average molecular weight is 432 g/mol. The molecule has 0 amide bonds. The van der Waals surface area contributed by atoms with Gasteiger partial charge in [0.25, 0.3) is 0 Å². The largest absolute Gasteiger partial charge is 0.360 e. The highest BCUT2D eigenvalue weighted by Gasteiger charge is 2.37. The fraction of sp³-hybridized carbons (Fsp3) is 0.727. The first kappa shape index (κ1) is 22.9. The van der Waals surface area contributed by atoms with Gasteiger partial charge in [-0.15, -0.1) is 0 Å². The van der Waals surface area contributed by atoms with Gasteiger partial charge in [-0.05, 0) is 85.5 Å². The van der Waals surface area contributed by atoms with Crippen molar-refractivity contribution in [1.29, 1.82) is 0 Å². The third-order valence-corrected chi connectivity index (χ3v) is 5.84. The molecule has 0 atom stereocenters. The molecule has 0 spiro atoms. The Morgan fingerprint density at radius 1 is 1.07 bits per heavy atom. The lowest BCUT2D eigenvalue weighted by atomic mass is 9.80. The van der Waals surface area contributed by atoms with Crippen molar-refractivity contribution in [2.75, 3.05) is 5.32 Å². The summed E-state index contributed by atoms with van der Waals surface area (Å²) < 4.78 is 0. The molecular formula is C22H37N7S. The second kappa shape index (κ2) is 9.14. The number of hydrogen-bond donors (Lipinski definition) is 4. The van der Waals surface area contributed by atoms with Crippen LogP contribution in [-0.2, 0) is 0 Å². The van der Waals surface area contributed by atoms with Crippen LogP contribution in [0, 0.1) is 13.8 Å². The van der Waals surface area contributed by atoms with Crippen LogP contribution in [0.2, 0.25) is 0 Å². The average Bonchev–Trinajstić information content (AvgIpc) is 3.03. The third kappa shape index (κ3) is 6.87. The molecule has 1 saturated carbocycles. The smallest absolute Gasteiger partial charge is 0.229 e. The Bertz CT molecular complexity index is 760. The van der Waals surface area contributed by atoms with Crippen molar-refractivity contribution in [1.82, 2.24) is 25.9 Å². The van der Waals surface area contributed by atoms with Crippen LogP contribution in [-0.4, -0.2) is 44.2 Å². The first-order chi connectivity index (χ1) is 14.0. The van der Waals surface area contributed by atoms with Crippen LogP contribution < -0.4 is 21.3 Å². The number of hydrogen-bond acceptors (Lipinski definition) is 5. The quantitative estimate of drug-likeness (QED) is 0.331. The van der Waals surface area contributed by atoms with E-state index in [0.717, 1.165) is 24.2 Å². The maximum atomic E-state index is 5.60. The van der Waals surface area contributed by atoms with E-state index >= 15 is 0 Å². The van der Waals surface area contributed by atoms with E-state index in [9.17, 15) is 0 Å². The van der Waals surface area contributed by atoms with Gasteiger partial charge in [0.15, 0.2) is 5.11 Å². The first-order valence-corrected chi connectivity index (χ1v) is 11.4. The second-order valence-corrected chi connectivity index (χ2v) is 10.5. The molecule has 0 unspecified atom stereocenters. The van der Waals surface area contributed by atoms with Crippen molar-refractivity contribution in [2.45, 2.75) is 103 Å². The summed E-state index contributed by atoms with van der Waals surface area (Å²) in [6, 6.07) is 2.56. The minimum absolute atomic E-state index is 0.0139. The van der Waals surface area contributed by atoms with Gasteiger partial charge in [-0.1, -0.05) is 12.8 Å². The van der Waals surface area contributed by atoms with Gasteiger partial charge in [0.2, 0.25) is 11.9 Å². The highest BCUT2D eigenvalue weighted by Crippen LogP contribution is 2.30. The van der Waals surface area contributed by atoms with Crippen LogP contribution in [0.5, 0.6) is 0 Å². The fourth-order valence-corrected chi connectivity index (χ4v) is 5.19. The van der Waals surface area contributed by atoms with Crippen molar-refractivity contribution < 1.29 is 0 Å². The minimum Gasteiger partial charge on any atom is -0.360 e. The molecule has 0 aromatic carbocycles. The number of anilines is 1. The van der Waals surface area contributed by atoms with Crippen LogP contribution in [0.15, 0.2) is 11.1 Å². The Balaban J connectivity index is 1.80. The zero-order valence-corrected chi connectivity index (χ0v) is 20.0. The second-order valence-electron chi connectivity index (χ2n) is 10.1. The van der Waals surface area contributed by atoms with Crippen molar-refractivity contribution in [3.63, 3.8) is 0 Å². The lowest BCUT2D eigenvalue weighted by molar-refractivity contribution is 0.164. The molecule has 1 aromatic heterocycles. The zero-order chi connectivity index (χ0) is 21.9. The molecule has 4 N–H and O–H groups in total. The number of nitrogens with zero attached hydrogens (tertiary/aromatic N) is 3. The van der Waals surface area contributed by atoms with Crippen LogP contribution in [0.25, 0.3) is 0 Å². The van der Waals surface area contributed by atoms with E-state index < -0.39 is 0 Å². The predicted molar refractivity (Wildman–Crippen MR) is 128 cm³/mol. The van der Waals surface area contributed by atoms with Gasteiger partial charge in [0.1, 0.15) is 0 Å². The SMILES string of the molecule is Cc1cc(C)nc(NC(=NC2CC(C)(C)NC(C)(C)C2)NC(=S)NC2CCCC2)n1. The molecule has 7 nitrogen and oxygen atoms in total. The molecule has 2 fully saturated rings. The van der Waals surface area contributed by atoms with Crippen molar-refractivity contribution in [3.8, 4) is 0 Å². The maximum Gasteiger partial charge on any atom is 0.229 e. The molecule has 1 saturated heterocycles. The molecule has 2 heterocycles. The Hall–Kier alpha value is -1.80. The number of guanidine groups is 1. The molecule has 0 radical (unpaired) electrons. The van der Waals surface area contributed by atoms with Crippen LogP contribution in [0.1, 0.15) is 77.6 Å². The van der Waals surface area contributed by atoms with Gasteiger partial charge in [-0.3, -0.25) is 5.32 Å². The number of rotatable bonds is 3. The number of piperidine rings is 1. The lowest BCUT2D eigenvalue weighted by Crippen LogP contribution is -2.59. The number of aromatic nitrogens is 2. The highest BCUT2D eigenvalue weighted by molar-refractivity contribution is 7.80. The van der Waals surface area contributed by atoms with Gasteiger partial charge in [-0.25, -0.2) is 15.0 Å². The number of aliphatic imine (C=N–C) groups is 1. The summed E-state index contributed by atoms with van der Waals surface area (Å²) in [6.07, 6.45) is 6.74. The number of aryl methyl sites for hydroxylation is 2. The Morgan fingerprint density at radius 2 is 1.63 bits per heavy atom. The molecule has 3 rings (SSSR count). The summed E-state index contributed by atoms with van der Waals surface area (Å²) in [7, 11) is 0. The van der Waals surface area contributed by atoms with Gasteiger partial charge < -0.3 is 16.0 Å². The Labute approximate surface area is 186 Å². The first-order valence-electron chi connectivity index (χ1n) is 11.0. The molecule has 1 aromatic rings. The van der Waals surface area contributed by atoms with E-state index in [1.807, 2.05) is 19.9 Å². The maximum absolute atomic E-state index is 5.60. The minimum atomic E-state index is 0.0139. The van der Waals surface area contributed by atoms with Crippen LogP contribution in [0.4, 0.5) is 5.95 Å². The van der Waals surface area contributed by atoms with E-state index in [4.69, 9.17) is 17.2 Å². The lowest BCUT2D eigenvalue weighted by Gasteiger charge is -2.45. The topological polar surface area (TPSA) is 86.3 Å². The molecule has 1 aliphatic carbocycles. The van der Waals surface area contributed by atoms with Gasteiger partial charge in [-0.2, -0.15) is 0 Å². The van der Waals surface area contributed by atoms with Gasteiger partial charge in [0, 0.05) is 28.5 Å². The molecule has 1 aliphatic heterocycles. The number of thiocarbonyl (C=S) groups is 1. The predicted octanol–water partition coefficient (Wildman–Crippen LogP) is 3.58. The van der Waals surface area contributed by atoms with Gasteiger partial charge in [0.05, 0.1) is 6.04 Å². The summed E-state index contributed by atoms with van der Waals surface area (Å²) in [5.41, 5.74) is 1.86. The zero-order valence-electron chi connectivity index (χ0n) is 19.2. The van der Waals surface area contributed by atoms with Crippen molar-refractivity contribution >= 4 is 29.2 Å². The summed E-state index contributed by atoms with van der Waals surface area (Å²) in [6.45, 7) is 12.9. The summed E-state index contributed by atoms with van der Waals surface area (Å²) in [5, 5.41) is 14.3. The van der Waals surface area contributed by atoms with E-state index in [1.165, 1.54) is 25.7 Å². The monoisotopic (exact) mass is 431 g/mol. The van der Waals surface area contributed by atoms with E-state index in [2.05, 4.69) is 58.9 Å². The highest BCUT2D eigenvalue weighted by atomic mass is 32.1. The number of nitrogens with one attached hydrogen (secondary N) is 4. The fourth-order valence-electron chi connectivity index (χ4n) is 4.92. The molecule has 0 bridgehead atoms. The van der Waals surface area contributed by atoms with E-state index in [1.54, 1.807) is 0 Å². The van der Waals surface area contributed by atoms with Gasteiger partial charge >= 0.3 is 0 Å². The standard InChI is InChI=1S/C22H37N7S/c1-14-11-15(2)24-18(23-14)27-19(28-20(30)26-16-9-7-8-10-16)25-17-12-21(3,4)29-22(5,6)13-17/h11,16-17,29H,7-10,12-13H2,1-6H3,(H3,23,24,25,26,27,28,30). The molecule has 2 aliphatic rings. The molecular weight excluding hydrogens is 394 g/mol.